The summed E-state index contributed by atoms with van der Waals surface area (Å²) in [6.07, 6.45) is 0. The van der Waals surface area contributed by atoms with Crippen molar-refractivity contribution >= 4 is 11.4 Å². The number of para-hydroxylation sites is 2. The van der Waals surface area contributed by atoms with Crippen LogP contribution >= 0.6 is 0 Å². The van der Waals surface area contributed by atoms with E-state index >= 15 is 0 Å². The molecule has 0 aliphatic rings. The van der Waals surface area contributed by atoms with Crippen molar-refractivity contribution in [3.05, 3.63) is 59.7 Å². The summed E-state index contributed by atoms with van der Waals surface area (Å²) in [5, 5.41) is 7.17. The molecule has 2 atom stereocenters. The molecule has 0 saturated carbocycles. The summed E-state index contributed by atoms with van der Waals surface area (Å²) in [4.78, 5) is 0. The fourth-order valence-corrected chi connectivity index (χ4v) is 2.21. The maximum atomic E-state index is 3.59. The van der Waals surface area contributed by atoms with E-state index in [1.165, 1.54) is 22.5 Å². The molecule has 2 unspecified atom stereocenters. The Bertz CT molecular complexity index is 511. The molecule has 0 aromatic heterocycles. The predicted octanol–water partition coefficient (Wildman–Crippen LogP) is 4.60. The molecule has 0 aliphatic carbocycles. The van der Waals surface area contributed by atoms with Crippen molar-refractivity contribution < 1.29 is 0 Å². The van der Waals surface area contributed by atoms with Gasteiger partial charge in [0.2, 0.25) is 0 Å². The minimum atomic E-state index is 0.343. The summed E-state index contributed by atoms with van der Waals surface area (Å²) < 4.78 is 0. The molecular weight excluding hydrogens is 244 g/mol. The highest BCUT2D eigenvalue weighted by Crippen LogP contribution is 2.18. The zero-order valence-electron chi connectivity index (χ0n) is 12.8. The fourth-order valence-electron chi connectivity index (χ4n) is 2.21. The lowest BCUT2D eigenvalue weighted by Crippen LogP contribution is -2.34. The first-order valence-corrected chi connectivity index (χ1v) is 7.22. The summed E-state index contributed by atoms with van der Waals surface area (Å²) in [5.41, 5.74) is 4.97. The van der Waals surface area contributed by atoms with Gasteiger partial charge in [-0.25, -0.2) is 0 Å². The van der Waals surface area contributed by atoms with Crippen LogP contribution in [0, 0.1) is 13.8 Å². The molecule has 20 heavy (non-hydrogen) atoms. The van der Waals surface area contributed by atoms with Crippen molar-refractivity contribution in [1.29, 1.82) is 0 Å². The SMILES string of the molecule is Cc1ccccc1NC(C)C(C)Nc1ccccc1C. The number of aryl methyl sites for hydroxylation is 2. The molecule has 0 aliphatic heterocycles. The molecule has 0 fully saturated rings. The summed E-state index contributed by atoms with van der Waals surface area (Å²) in [6.45, 7) is 8.69. The first-order chi connectivity index (χ1) is 9.58. The maximum absolute atomic E-state index is 3.59. The van der Waals surface area contributed by atoms with E-state index in [0.717, 1.165) is 0 Å². The molecule has 2 rings (SSSR count). The van der Waals surface area contributed by atoms with Gasteiger partial charge in [-0.05, 0) is 51.0 Å². The van der Waals surface area contributed by atoms with E-state index in [1.54, 1.807) is 0 Å². The van der Waals surface area contributed by atoms with Crippen molar-refractivity contribution in [2.45, 2.75) is 39.8 Å². The van der Waals surface area contributed by atoms with Gasteiger partial charge in [0.15, 0.2) is 0 Å². The molecule has 0 saturated heterocycles. The number of nitrogens with one attached hydrogen (secondary N) is 2. The third kappa shape index (κ3) is 3.53. The average molecular weight is 268 g/mol. The van der Waals surface area contributed by atoms with Crippen LogP contribution in [0.5, 0.6) is 0 Å². The zero-order chi connectivity index (χ0) is 14.5. The number of hydrogen-bond donors (Lipinski definition) is 2. The Labute approximate surface area is 122 Å². The Morgan fingerprint density at radius 3 is 1.35 bits per heavy atom. The first-order valence-electron chi connectivity index (χ1n) is 7.22. The number of rotatable bonds is 5. The number of anilines is 2. The van der Waals surface area contributed by atoms with E-state index in [1.807, 2.05) is 0 Å². The summed E-state index contributed by atoms with van der Waals surface area (Å²) in [7, 11) is 0. The van der Waals surface area contributed by atoms with Gasteiger partial charge in [-0.3, -0.25) is 0 Å². The minimum absolute atomic E-state index is 0.343. The molecule has 2 nitrogen and oxygen atoms in total. The van der Waals surface area contributed by atoms with Crippen LogP contribution in [0.3, 0.4) is 0 Å². The van der Waals surface area contributed by atoms with E-state index in [0.29, 0.717) is 12.1 Å². The molecule has 2 N–H and O–H groups in total. The third-order valence-corrected chi connectivity index (χ3v) is 3.81. The van der Waals surface area contributed by atoms with Gasteiger partial charge in [-0.2, -0.15) is 0 Å². The van der Waals surface area contributed by atoms with Gasteiger partial charge in [0.1, 0.15) is 0 Å². The molecule has 0 heterocycles. The molecule has 0 spiro atoms. The Morgan fingerprint density at radius 2 is 1.00 bits per heavy atom. The van der Waals surface area contributed by atoms with E-state index in [4.69, 9.17) is 0 Å². The standard InChI is InChI=1S/C18H24N2/c1-13-9-5-7-11-17(13)19-15(3)16(4)20-18-12-8-6-10-14(18)2/h5-12,15-16,19-20H,1-4H3. The summed E-state index contributed by atoms with van der Waals surface area (Å²) in [6, 6.07) is 17.5. The Morgan fingerprint density at radius 1 is 0.650 bits per heavy atom. The second-order valence-corrected chi connectivity index (χ2v) is 5.50. The lowest BCUT2D eigenvalue weighted by atomic mass is 10.1. The monoisotopic (exact) mass is 268 g/mol. The normalized spacial score (nSPS) is 13.6. The van der Waals surface area contributed by atoms with Crippen LogP contribution in [-0.4, -0.2) is 12.1 Å². The minimum Gasteiger partial charge on any atom is -0.380 e. The Hall–Kier alpha value is -1.96. The van der Waals surface area contributed by atoms with Gasteiger partial charge in [0.25, 0.3) is 0 Å². The second-order valence-electron chi connectivity index (χ2n) is 5.50. The van der Waals surface area contributed by atoms with Crippen LogP contribution in [0.2, 0.25) is 0 Å². The maximum Gasteiger partial charge on any atom is 0.0431 e. The molecule has 2 aromatic rings. The first kappa shape index (κ1) is 14.4. The van der Waals surface area contributed by atoms with Crippen LogP contribution in [0.25, 0.3) is 0 Å². The average Bonchev–Trinajstić information content (AvgIpc) is 2.43. The van der Waals surface area contributed by atoms with Gasteiger partial charge in [0, 0.05) is 23.5 Å². The third-order valence-electron chi connectivity index (χ3n) is 3.81. The van der Waals surface area contributed by atoms with Gasteiger partial charge in [0.05, 0.1) is 0 Å². The molecule has 0 bridgehead atoms. The fraction of sp³-hybridized carbons (Fsp3) is 0.333. The van der Waals surface area contributed by atoms with Crippen LogP contribution in [-0.2, 0) is 0 Å². The Kier molecular flexibility index (Phi) is 4.67. The van der Waals surface area contributed by atoms with Gasteiger partial charge in [-0.15, -0.1) is 0 Å². The van der Waals surface area contributed by atoms with Gasteiger partial charge >= 0.3 is 0 Å². The summed E-state index contributed by atoms with van der Waals surface area (Å²) in [5.74, 6) is 0. The van der Waals surface area contributed by atoms with Crippen molar-refractivity contribution in [2.75, 3.05) is 10.6 Å². The molecular formula is C18H24N2. The molecule has 0 amide bonds. The lowest BCUT2D eigenvalue weighted by Gasteiger charge is -2.26. The van der Waals surface area contributed by atoms with Crippen LogP contribution in [0.4, 0.5) is 11.4 Å². The van der Waals surface area contributed by atoms with Gasteiger partial charge in [-0.1, -0.05) is 36.4 Å². The highest BCUT2D eigenvalue weighted by Gasteiger charge is 2.13. The molecule has 106 valence electrons. The van der Waals surface area contributed by atoms with Gasteiger partial charge < -0.3 is 10.6 Å². The number of hydrogen-bond acceptors (Lipinski definition) is 2. The zero-order valence-corrected chi connectivity index (χ0v) is 12.8. The Balaban J connectivity index is 2.01. The quantitative estimate of drug-likeness (QED) is 0.828. The molecule has 2 aromatic carbocycles. The van der Waals surface area contributed by atoms with Crippen LogP contribution < -0.4 is 10.6 Å². The topological polar surface area (TPSA) is 24.1 Å². The van der Waals surface area contributed by atoms with E-state index in [-0.39, 0.29) is 0 Å². The summed E-state index contributed by atoms with van der Waals surface area (Å²) >= 11 is 0. The highest BCUT2D eigenvalue weighted by atomic mass is 15.0. The predicted molar refractivity (Wildman–Crippen MR) is 88.5 cm³/mol. The molecule has 2 heteroatoms. The second kappa shape index (κ2) is 6.47. The van der Waals surface area contributed by atoms with E-state index in [2.05, 4.69) is 86.9 Å². The molecule has 0 radical (unpaired) electrons. The number of benzene rings is 2. The largest absolute Gasteiger partial charge is 0.380 e. The van der Waals surface area contributed by atoms with Crippen LogP contribution in [0.1, 0.15) is 25.0 Å². The van der Waals surface area contributed by atoms with Crippen LogP contribution in [0.15, 0.2) is 48.5 Å². The van der Waals surface area contributed by atoms with Crippen molar-refractivity contribution in [3.63, 3.8) is 0 Å². The highest BCUT2D eigenvalue weighted by molar-refractivity contribution is 5.53. The smallest absolute Gasteiger partial charge is 0.0431 e. The van der Waals surface area contributed by atoms with E-state index < -0.39 is 0 Å². The van der Waals surface area contributed by atoms with Crippen molar-refractivity contribution in [3.8, 4) is 0 Å². The lowest BCUT2D eigenvalue weighted by molar-refractivity contribution is 0.676. The van der Waals surface area contributed by atoms with Crippen molar-refractivity contribution in [2.24, 2.45) is 0 Å². The van der Waals surface area contributed by atoms with Crippen molar-refractivity contribution in [1.82, 2.24) is 0 Å². The van der Waals surface area contributed by atoms with E-state index in [9.17, 15) is 0 Å².